The van der Waals surface area contributed by atoms with Gasteiger partial charge in [0.05, 0.1) is 6.04 Å². The number of hydrogen-bond acceptors (Lipinski definition) is 2. The SMILES string of the molecule is CCN1CCC2(CC1)C[C@H](NC(=O)NC)c1cc(C)ccc12. The zero-order valence-corrected chi connectivity index (χ0v) is 13.9. The molecule has 2 N–H and O–H groups in total. The lowest BCUT2D eigenvalue weighted by Gasteiger charge is -2.40. The highest BCUT2D eigenvalue weighted by Crippen LogP contribution is 2.50. The third kappa shape index (κ3) is 2.60. The number of likely N-dealkylation sites (tertiary alicyclic amines) is 1. The number of hydrogen-bond donors (Lipinski definition) is 2. The van der Waals surface area contributed by atoms with E-state index in [2.05, 4.69) is 47.6 Å². The van der Waals surface area contributed by atoms with Gasteiger partial charge in [-0.1, -0.05) is 30.7 Å². The van der Waals surface area contributed by atoms with Crippen molar-refractivity contribution in [3.63, 3.8) is 0 Å². The molecule has 0 saturated carbocycles. The van der Waals surface area contributed by atoms with Gasteiger partial charge in [-0.25, -0.2) is 4.79 Å². The van der Waals surface area contributed by atoms with Gasteiger partial charge in [-0.05, 0) is 56.9 Å². The summed E-state index contributed by atoms with van der Waals surface area (Å²) in [5.41, 5.74) is 4.31. The topological polar surface area (TPSA) is 44.4 Å². The van der Waals surface area contributed by atoms with E-state index in [9.17, 15) is 4.79 Å². The normalized spacial score (nSPS) is 23.3. The van der Waals surface area contributed by atoms with Gasteiger partial charge in [0.1, 0.15) is 0 Å². The third-order valence-corrected chi connectivity index (χ3v) is 5.54. The van der Waals surface area contributed by atoms with Crippen LogP contribution in [0, 0.1) is 6.92 Å². The Morgan fingerprint density at radius 2 is 2.09 bits per heavy atom. The van der Waals surface area contributed by atoms with E-state index in [0.717, 1.165) is 26.1 Å². The average Bonchev–Trinajstić information content (AvgIpc) is 2.81. The summed E-state index contributed by atoms with van der Waals surface area (Å²) in [6.45, 7) is 7.82. The highest BCUT2D eigenvalue weighted by atomic mass is 16.2. The van der Waals surface area contributed by atoms with Crippen LogP contribution < -0.4 is 10.6 Å². The molecular weight excluding hydrogens is 274 g/mol. The summed E-state index contributed by atoms with van der Waals surface area (Å²) in [5, 5.41) is 5.83. The molecule has 1 heterocycles. The van der Waals surface area contributed by atoms with Gasteiger partial charge in [0.15, 0.2) is 0 Å². The van der Waals surface area contributed by atoms with Gasteiger partial charge in [-0.15, -0.1) is 0 Å². The first-order valence-corrected chi connectivity index (χ1v) is 8.39. The molecule has 1 atom stereocenters. The van der Waals surface area contributed by atoms with E-state index in [1.54, 1.807) is 7.05 Å². The van der Waals surface area contributed by atoms with Crippen LogP contribution in [0.3, 0.4) is 0 Å². The molecule has 2 aliphatic rings. The van der Waals surface area contributed by atoms with Crippen molar-refractivity contribution in [1.29, 1.82) is 0 Å². The van der Waals surface area contributed by atoms with Gasteiger partial charge in [-0.3, -0.25) is 0 Å². The van der Waals surface area contributed by atoms with Crippen LogP contribution in [-0.2, 0) is 5.41 Å². The molecule has 0 bridgehead atoms. The first-order valence-electron chi connectivity index (χ1n) is 8.39. The number of nitrogens with zero attached hydrogens (tertiary/aromatic N) is 1. The Labute approximate surface area is 133 Å². The average molecular weight is 301 g/mol. The Hall–Kier alpha value is -1.55. The second-order valence-corrected chi connectivity index (χ2v) is 6.79. The summed E-state index contributed by atoms with van der Waals surface area (Å²) in [5.74, 6) is 0. The summed E-state index contributed by atoms with van der Waals surface area (Å²) >= 11 is 0. The quantitative estimate of drug-likeness (QED) is 0.882. The van der Waals surface area contributed by atoms with Crippen LogP contribution in [0.2, 0.25) is 0 Å². The highest BCUT2D eigenvalue weighted by molar-refractivity contribution is 5.74. The van der Waals surface area contributed by atoms with Crippen molar-refractivity contribution < 1.29 is 4.79 Å². The number of piperidine rings is 1. The summed E-state index contributed by atoms with van der Waals surface area (Å²) in [4.78, 5) is 14.3. The predicted molar refractivity (Wildman–Crippen MR) is 89.2 cm³/mol. The zero-order valence-electron chi connectivity index (χ0n) is 13.9. The fourth-order valence-corrected chi connectivity index (χ4v) is 4.19. The van der Waals surface area contributed by atoms with E-state index in [1.807, 2.05) is 0 Å². The molecule has 1 fully saturated rings. The monoisotopic (exact) mass is 301 g/mol. The lowest BCUT2D eigenvalue weighted by atomic mass is 9.73. The maximum Gasteiger partial charge on any atom is 0.315 e. The standard InChI is InChI=1S/C18H27N3O/c1-4-21-9-7-18(8-10-21)12-16(20-17(22)19-3)14-11-13(2)5-6-15(14)18/h5-6,11,16H,4,7-10,12H2,1-3H3,(H2,19,20,22)/t16-/m0/s1. The maximum atomic E-state index is 11.8. The minimum atomic E-state index is -0.0829. The van der Waals surface area contributed by atoms with Gasteiger partial charge < -0.3 is 15.5 Å². The second kappa shape index (κ2) is 5.92. The molecule has 1 spiro atoms. The van der Waals surface area contributed by atoms with Crippen molar-refractivity contribution in [2.75, 3.05) is 26.7 Å². The van der Waals surface area contributed by atoms with Crippen LogP contribution in [0.1, 0.15) is 48.9 Å². The largest absolute Gasteiger partial charge is 0.341 e. The molecule has 0 aromatic heterocycles. The number of aryl methyl sites for hydroxylation is 1. The molecule has 1 aliphatic carbocycles. The van der Waals surface area contributed by atoms with Crippen molar-refractivity contribution in [2.24, 2.45) is 0 Å². The van der Waals surface area contributed by atoms with E-state index < -0.39 is 0 Å². The van der Waals surface area contributed by atoms with E-state index in [4.69, 9.17) is 0 Å². The highest BCUT2D eigenvalue weighted by Gasteiger charge is 2.45. The molecule has 0 unspecified atom stereocenters. The fraction of sp³-hybridized carbons (Fsp3) is 0.611. The molecule has 2 amide bonds. The molecule has 1 saturated heterocycles. The van der Waals surface area contributed by atoms with Gasteiger partial charge in [0.25, 0.3) is 0 Å². The van der Waals surface area contributed by atoms with Crippen LogP contribution in [-0.4, -0.2) is 37.6 Å². The minimum absolute atomic E-state index is 0.0829. The Morgan fingerprint density at radius 1 is 1.36 bits per heavy atom. The lowest BCUT2D eigenvalue weighted by molar-refractivity contribution is 0.159. The number of carbonyl (C=O) groups is 1. The van der Waals surface area contributed by atoms with Crippen LogP contribution in [0.4, 0.5) is 4.79 Å². The number of benzene rings is 1. The summed E-state index contributed by atoms with van der Waals surface area (Å²) in [6, 6.07) is 6.84. The maximum absolute atomic E-state index is 11.8. The Bertz CT molecular complexity index is 561. The molecule has 1 aliphatic heterocycles. The van der Waals surface area contributed by atoms with Crippen molar-refractivity contribution in [3.8, 4) is 0 Å². The van der Waals surface area contributed by atoms with Crippen LogP contribution in [0.5, 0.6) is 0 Å². The number of carbonyl (C=O) groups excluding carboxylic acids is 1. The van der Waals surface area contributed by atoms with Crippen molar-refractivity contribution in [2.45, 2.75) is 44.6 Å². The fourth-order valence-electron chi connectivity index (χ4n) is 4.19. The number of amides is 2. The number of fused-ring (bicyclic) bond motifs is 2. The van der Waals surface area contributed by atoms with E-state index in [0.29, 0.717) is 0 Å². The molecule has 0 radical (unpaired) electrons. The van der Waals surface area contributed by atoms with Gasteiger partial charge in [0, 0.05) is 12.5 Å². The van der Waals surface area contributed by atoms with Gasteiger partial charge >= 0.3 is 6.03 Å². The number of rotatable bonds is 2. The smallest absolute Gasteiger partial charge is 0.315 e. The van der Waals surface area contributed by atoms with Crippen molar-refractivity contribution in [1.82, 2.24) is 15.5 Å². The second-order valence-electron chi connectivity index (χ2n) is 6.79. The van der Waals surface area contributed by atoms with Crippen LogP contribution >= 0.6 is 0 Å². The Balaban J connectivity index is 1.90. The molecular formula is C18H27N3O. The Kier molecular flexibility index (Phi) is 4.13. The molecule has 1 aromatic rings. The van der Waals surface area contributed by atoms with Crippen molar-refractivity contribution >= 4 is 6.03 Å². The molecule has 3 rings (SSSR count). The van der Waals surface area contributed by atoms with E-state index in [-0.39, 0.29) is 17.5 Å². The lowest BCUT2D eigenvalue weighted by Crippen LogP contribution is -2.42. The predicted octanol–water partition coefficient (Wildman–Crippen LogP) is 2.72. The van der Waals surface area contributed by atoms with Gasteiger partial charge in [-0.2, -0.15) is 0 Å². The molecule has 4 heteroatoms. The third-order valence-electron chi connectivity index (χ3n) is 5.54. The molecule has 1 aromatic carbocycles. The van der Waals surface area contributed by atoms with Crippen LogP contribution in [0.25, 0.3) is 0 Å². The molecule has 4 nitrogen and oxygen atoms in total. The van der Waals surface area contributed by atoms with E-state index >= 15 is 0 Å². The van der Waals surface area contributed by atoms with Crippen LogP contribution in [0.15, 0.2) is 18.2 Å². The minimum Gasteiger partial charge on any atom is -0.341 e. The van der Waals surface area contributed by atoms with E-state index in [1.165, 1.54) is 29.5 Å². The summed E-state index contributed by atoms with van der Waals surface area (Å²) < 4.78 is 0. The molecule has 22 heavy (non-hydrogen) atoms. The first kappa shape index (κ1) is 15.3. The molecule has 120 valence electrons. The zero-order chi connectivity index (χ0) is 15.7. The summed E-state index contributed by atoms with van der Waals surface area (Å²) in [7, 11) is 1.68. The number of nitrogens with one attached hydrogen (secondary N) is 2. The van der Waals surface area contributed by atoms with Gasteiger partial charge in [0.2, 0.25) is 0 Å². The Morgan fingerprint density at radius 3 is 2.73 bits per heavy atom. The van der Waals surface area contributed by atoms with Crippen molar-refractivity contribution in [3.05, 3.63) is 34.9 Å². The number of urea groups is 1. The summed E-state index contributed by atoms with van der Waals surface area (Å²) in [6.07, 6.45) is 3.43. The first-order chi connectivity index (χ1) is 10.6.